The molecular weight excluding hydrogens is 246 g/mol. The molecule has 1 aliphatic carbocycles. The fourth-order valence-electron chi connectivity index (χ4n) is 4.07. The Bertz CT molecular complexity index is 467. The lowest BCUT2D eigenvalue weighted by molar-refractivity contribution is 0.0776. The monoisotopic (exact) mass is 271 g/mol. The largest absolute Gasteiger partial charge is 0.302 e. The number of rotatable bonds is 4. The molecule has 0 radical (unpaired) electrons. The first-order valence-electron chi connectivity index (χ1n) is 7.88. The van der Waals surface area contributed by atoms with E-state index in [0.29, 0.717) is 0 Å². The fraction of sp³-hybridized carbons (Fsp3) is 0.611. The van der Waals surface area contributed by atoms with Gasteiger partial charge in [-0.15, -0.1) is 0 Å². The zero-order valence-electron chi connectivity index (χ0n) is 12.6. The second-order valence-electron chi connectivity index (χ2n) is 7.22. The summed E-state index contributed by atoms with van der Waals surface area (Å²) in [4.78, 5) is 15.2. The summed E-state index contributed by atoms with van der Waals surface area (Å²) in [6.45, 7) is 7.49. The Morgan fingerprint density at radius 3 is 2.35 bits per heavy atom. The fourth-order valence-corrected chi connectivity index (χ4v) is 4.07. The first-order chi connectivity index (χ1) is 9.56. The van der Waals surface area contributed by atoms with E-state index in [1.54, 1.807) is 0 Å². The van der Waals surface area contributed by atoms with E-state index in [0.717, 1.165) is 23.9 Å². The third-order valence-electron chi connectivity index (χ3n) is 5.07. The summed E-state index contributed by atoms with van der Waals surface area (Å²) in [5.74, 6) is 2.07. The third kappa shape index (κ3) is 2.67. The van der Waals surface area contributed by atoms with Gasteiger partial charge in [-0.3, -0.25) is 4.79 Å². The van der Waals surface area contributed by atoms with E-state index in [9.17, 15) is 4.79 Å². The minimum atomic E-state index is -0.292. The lowest BCUT2D eigenvalue weighted by Crippen LogP contribution is -2.38. The van der Waals surface area contributed by atoms with Crippen molar-refractivity contribution in [2.75, 3.05) is 19.6 Å². The van der Waals surface area contributed by atoms with Crippen molar-refractivity contribution >= 4 is 5.78 Å². The van der Waals surface area contributed by atoms with Crippen LogP contribution in [0, 0.1) is 17.3 Å². The zero-order chi connectivity index (χ0) is 14.2. The predicted molar refractivity (Wildman–Crippen MR) is 81.8 cm³/mol. The van der Waals surface area contributed by atoms with Gasteiger partial charge in [-0.2, -0.15) is 0 Å². The molecule has 1 saturated carbocycles. The van der Waals surface area contributed by atoms with Gasteiger partial charge in [0.2, 0.25) is 0 Å². The molecule has 108 valence electrons. The van der Waals surface area contributed by atoms with Gasteiger partial charge in [-0.05, 0) is 24.7 Å². The Balaban J connectivity index is 1.65. The van der Waals surface area contributed by atoms with Crippen LogP contribution in [0.2, 0.25) is 0 Å². The highest BCUT2D eigenvalue weighted by molar-refractivity contribution is 6.00. The number of hydrogen-bond donors (Lipinski definition) is 0. The Morgan fingerprint density at radius 2 is 1.75 bits per heavy atom. The number of hydrogen-bond acceptors (Lipinski definition) is 2. The van der Waals surface area contributed by atoms with Gasteiger partial charge in [0, 0.05) is 30.6 Å². The highest BCUT2D eigenvalue weighted by atomic mass is 16.1. The second-order valence-corrected chi connectivity index (χ2v) is 7.22. The van der Waals surface area contributed by atoms with Crippen LogP contribution >= 0.6 is 0 Å². The first kappa shape index (κ1) is 13.8. The molecule has 0 aromatic heterocycles. The molecule has 3 rings (SSSR count). The van der Waals surface area contributed by atoms with Crippen LogP contribution in [0.4, 0.5) is 0 Å². The molecular formula is C18H25NO. The summed E-state index contributed by atoms with van der Waals surface area (Å²) < 4.78 is 0. The number of Topliss-reactive ketones (excluding diaryl/α,β-unsaturated/α-hetero) is 1. The topological polar surface area (TPSA) is 20.3 Å². The van der Waals surface area contributed by atoms with Gasteiger partial charge in [0.1, 0.15) is 0 Å². The van der Waals surface area contributed by atoms with Crippen molar-refractivity contribution in [3.8, 4) is 0 Å². The lowest BCUT2D eigenvalue weighted by atomic mass is 9.83. The molecule has 0 spiro atoms. The van der Waals surface area contributed by atoms with Crippen LogP contribution in [0.15, 0.2) is 30.3 Å². The van der Waals surface area contributed by atoms with Crippen LogP contribution in [0.1, 0.15) is 43.5 Å². The quantitative estimate of drug-likeness (QED) is 0.779. The van der Waals surface area contributed by atoms with Crippen LogP contribution in [-0.4, -0.2) is 30.3 Å². The number of nitrogens with zero attached hydrogens (tertiary/aromatic N) is 1. The summed E-state index contributed by atoms with van der Waals surface area (Å²) in [6, 6.07) is 9.73. The molecule has 1 aliphatic heterocycles. The zero-order valence-corrected chi connectivity index (χ0v) is 12.6. The second kappa shape index (κ2) is 5.33. The van der Waals surface area contributed by atoms with Gasteiger partial charge < -0.3 is 4.90 Å². The molecule has 0 bridgehead atoms. The number of fused-ring (bicyclic) bond motifs is 1. The summed E-state index contributed by atoms with van der Waals surface area (Å²) in [5.41, 5.74) is 0.553. The first-order valence-corrected chi connectivity index (χ1v) is 7.88. The van der Waals surface area contributed by atoms with Crippen molar-refractivity contribution in [3.05, 3.63) is 35.9 Å². The maximum Gasteiger partial charge on any atom is 0.169 e. The van der Waals surface area contributed by atoms with Gasteiger partial charge in [0.05, 0.1) is 0 Å². The van der Waals surface area contributed by atoms with Crippen LogP contribution in [0.5, 0.6) is 0 Å². The molecule has 20 heavy (non-hydrogen) atoms. The Morgan fingerprint density at radius 1 is 1.15 bits per heavy atom. The van der Waals surface area contributed by atoms with Crippen molar-refractivity contribution < 1.29 is 4.79 Å². The maximum atomic E-state index is 12.7. The number of carbonyl (C=O) groups excluding carboxylic acids is 1. The number of carbonyl (C=O) groups is 1. The van der Waals surface area contributed by atoms with Crippen LogP contribution in [0.25, 0.3) is 0 Å². The molecule has 2 fully saturated rings. The molecule has 2 nitrogen and oxygen atoms in total. The summed E-state index contributed by atoms with van der Waals surface area (Å²) in [5, 5.41) is 0. The average Bonchev–Trinajstić information content (AvgIpc) is 2.99. The van der Waals surface area contributed by atoms with Crippen LogP contribution in [0.3, 0.4) is 0 Å². The van der Waals surface area contributed by atoms with E-state index in [1.165, 1.54) is 32.4 Å². The smallest absolute Gasteiger partial charge is 0.169 e. The minimum absolute atomic E-state index is 0.273. The molecule has 2 unspecified atom stereocenters. The average molecular weight is 271 g/mol. The SMILES string of the molecule is CC(C)(CN1CC2CCCC2C1)C(=O)c1ccccc1. The summed E-state index contributed by atoms with van der Waals surface area (Å²) in [7, 11) is 0. The van der Waals surface area contributed by atoms with Gasteiger partial charge in [0.15, 0.2) is 5.78 Å². The van der Waals surface area contributed by atoms with Crippen LogP contribution < -0.4 is 0 Å². The molecule has 1 heterocycles. The van der Waals surface area contributed by atoms with Crippen molar-refractivity contribution in [2.45, 2.75) is 33.1 Å². The van der Waals surface area contributed by atoms with E-state index < -0.39 is 0 Å². The van der Waals surface area contributed by atoms with Crippen molar-refractivity contribution in [3.63, 3.8) is 0 Å². The molecule has 1 aromatic carbocycles. The number of likely N-dealkylation sites (tertiary alicyclic amines) is 1. The molecule has 2 atom stereocenters. The molecule has 1 saturated heterocycles. The van der Waals surface area contributed by atoms with Gasteiger partial charge in [0.25, 0.3) is 0 Å². The predicted octanol–water partition coefficient (Wildman–Crippen LogP) is 3.63. The number of benzene rings is 1. The highest BCUT2D eigenvalue weighted by Gasteiger charge is 2.39. The van der Waals surface area contributed by atoms with E-state index in [-0.39, 0.29) is 11.2 Å². The third-order valence-corrected chi connectivity index (χ3v) is 5.07. The van der Waals surface area contributed by atoms with E-state index in [4.69, 9.17) is 0 Å². The van der Waals surface area contributed by atoms with Crippen molar-refractivity contribution in [1.82, 2.24) is 4.90 Å². The van der Waals surface area contributed by atoms with Crippen LogP contribution in [-0.2, 0) is 0 Å². The van der Waals surface area contributed by atoms with Crippen molar-refractivity contribution in [2.24, 2.45) is 17.3 Å². The molecule has 1 aromatic rings. The Kier molecular flexibility index (Phi) is 3.68. The van der Waals surface area contributed by atoms with Crippen molar-refractivity contribution in [1.29, 1.82) is 0 Å². The highest BCUT2D eigenvalue weighted by Crippen LogP contribution is 2.39. The summed E-state index contributed by atoms with van der Waals surface area (Å²) >= 11 is 0. The molecule has 0 amide bonds. The minimum Gasteiger partial charge on any atom is -0.302 e. The standard InChI is InChI=1S/C18H25NO/c1-18(2,17(20)14-7-4-3-5-8-14)13-19-11-15-9-6-10-16(15)12-19/h3-5,7-8,15-16H,6,9-13H2,1-2H3. The molecule has 0 N–H and O–H groups in total. The van der Waals surface area contributed by atoms with Gasteiger partial charge in [-0.25, -0.2) is 0 Å². The number of ketones is 1. The van der Waals surface area contributed by atoms with Gasteiger partial charge in [-0.1, -0.05) is 50.6 Å². The van der Waals surface area contributed by atoms with E-state index in [2.05, 4.69) is 18.7 Å². The summed E-state index contributed by atoms with van der Waals surface area (Å²) in [6.07, 6.45) is 4.21. The van der Waals surface area contributed by atoms with Gasteiger partial charge >= 0.3 is 0 Å². The maximum absolute atomic E-state index is 12.7. The Hall–Kier alpha value is -1.15. The van der Waals surface area contributed by atoms with E-state index >= 15 is 0 Å². The lowest BCUT2D eigenvalue weighted by Gasteiger charge is -2.29. The normalized spacial score (nSPS) is 26.7. The van der Waals surface area contributed by atoms with E-state index in [1.807, 2.05) is 30.3 Å². The Labute approximate surface area is 122 Å². The molecule has 2 aliphatic rings. The molecule has 2 heteroatoms.